The summed E-state index contributed by atoms with van der Waals surface area (Å²) in [6.45, 7) is 2.31. The normalized spacial score (nSPS) is 15.4. The standard InChI is InChI=1S/C21H24BrN3O2/c22-16-9-10-17-19(15-16)25(21(27)18-7-5-13-24(17)18)14-6-8-20(26)23-11-3-1-2-4-12-23/h5,7,9-10,13,15H,1-4,6,8,11-12,14H2. The SMILES string of the molecule is O=C(CCCn1c(=O)c2cccn2c2ccc(Br)cc21)N1CCCCCC1. The molecule has 3 aromatic rings. The van der Waals surface area contributed by atoms with Gasteiger partial charge in [0.1, 0.15) is 5.52 Å². The van der Waals surface area contributed by atoms with Gasteiger partial charge in [0.2, 0.25) is 5.91 Å². The number of aryl methyl sites for hydroxylation is 1. The van der Waals surface area contributed by atoms with Crippen molar-refractivity contribution in [1.29, 1.82) is 0 Å². The van der Waals surface area contributed by atoms with Gasteiger partial charge < -0.3 is 13.9 Å². The maximum absolute atomic E-state index is 13.0. The van der Waals surface area contributed by atoms with Crippen molar-refractivity contribution in [2.24, 2.45) is 0 Å². The van der Waals surface area contributed by atoms with Crippen molar-refractivity contribution in [2.45, 2.75) is 45.1 Å². The van der Waals surface area contributed by atoms with Gasteiger partial charge in [0.25, 0.3) is 5.56 Å². The van der Waals surface area contributed by atoms with Crippen LogP contribution in [0.3, 0.4) is 0 Å². The molecule has 1 saturated heterocycles. The van der Waals surface area contributed by atoms with Gasteiger partial charge in [-0.05, 0) is 49.6 Å². The summed E-state index contributed by atoms with van der Waals surface area (Å²) in [5, 5.41) is 0. The van der Waals surface area contributed by atoms with E-state index in [1.807, 2.05) is 50.4 Å². The van der Waals surface area contributed by atoms with E-state index < -0.39 is 0 Å². The molecule has 0 aliphatic carbocycles. The van der Waals surface area contributed by atoms with Gasteiger partial charge in [0.05, 0.1) is 11.0 Å². The Bertz CT molecular complexity index is 1030. The van der Waals surface area contributed by atoms with Crippen LogP contribution >= 0.6 is 15.9 Å². The van der Waals surface area contributed by atoms with Crippen molar-refractivity contribution in [2.75, 3.05) is 13.1 Å². The molecule has 27 heavy (non-hydrogen) atoms. The molecule has 2 aromatic heterocycles. The Kier molecular flexibility index (Phi) is 5.34. The van der Waals surface area contributed by atoms with Crippen LogP contribution in [0.4, 0.5) is 0 Å². The molecular formula is C21H24BrN3O2. The van der Waals surface area contributed by atoms with E-state index >= 15 is 0 Å². The second-order valence-electron chi connectivity index (χ2n) is 7.25. The highest BCUT2D eigenvalue weighted by molar-refractivity contribution is 9.10. The molecule has 142 valence electrons. The number of rotatable bonds is 4. The average Bonchev–Trinajstić information content (AvgIpc) is 2.99. The fourth-order valence-corrected chi connectivity index (χ4v) is 4.37. The third-order valence-electron chi connectivity index (χ3n) is 5.43. The third-order valence-corrected chi connectivity index (χ3v) is 5.93. The first-order valence-electron chi connectivity index (χ1n) is 9.72. The van der Waals surface area contributed by atoms with Crippen LogP contribution in [-0.4, -0.2) is 32.9 Å². The van der Waals surface area contributed by atoms with Crippen molar-refractivity contribution in [3.63, 3.8) is 0 Å². The number of hydrogen-bond acceptors (Lipinski definition) is 2. The Morgan fingerprint density at radius 1 is 1.00 bits per heavy atom. The van der Waals surface area contributed by atoms with Crippen LogP contribution in [0.2, 0.25) is 0 Å². The first kappa shape index (κ1) is 18.3. The van der Waals surface area contributed by atoms with Crippen molar-refractivity contribution in [3.8, 4) is 0 Å². The molecule has 0 bridgehead atoms. The molecule has 4 rings (SSSR count). The highest BCUT2D eigenvalue weighted by Crippen LogP contribution is 2.21. The lowest BCUT2D eigenvalue weighted by molar-refractivity contribution is -0.131. The van der Waals surface area contributed by atoms with E-state index in [0.29, 0.717) is 24.9 Å². The third kappa shape index (κ3) is 3.68. The molecule has 0 unspecified atom stereocenters. The van der Waals surface area contributed by atoms with Crippen LogP contribution < -0.4 is 5.56 Å². The van der Waals surface area contributed by atoms with E-state index in [1.165, 1.54) is 12.8 Å². The number of amides is 1. The first-order chi connectivity index (χ1) is 13.1. The van der Waals surface area contributed by atoms with Crippen molar-refractivity contribution >= 4 is 38.4 Å². The average molecular weight is 430 g/mol. The monoisotopic (exact) mass is 429 g/mol. The molecule has 0 spiro atoms. The predicted octanol–water partition coefficient (Wildman–Crippen LogP) is 4.20. The second kappa shape index (κ2) is 7.89. The lowest BCUT2D eigenvalue weighted by Crippen LogP contribution is -2.32. The van der Waals surface area contributed by atoms with Gasteiger partial charge in [-0.15, -0.1) is 0 Å². The minimum Gasteiger partial charge on any atom is -0.343 e. The number of nitrogens with zero attached hydrogens (tertiary/aromatic N) is 3. The molecular weight excluding hydrogens is 406 g/mol. The molecule has 1 aromatic carbocycles. The van der Waals surface area contributed by atoms with Crippen LogP contribution in [0.5, 0.6) is 0 Å². The van der Waals surface area contributed by atoms with E-state index in [0.717, 1.165) is 41.4 Å². The van der Waals surface area contributed by atoms with Gasteiger partial charge in [-0.3, -0.25) is 9.59 Å². The summed E-state index contributed by atoms with van der Waals surface area (Å²) >= 11 is 3.51. The lowest BCUT2D eigenvalue weighted by atomic mass is 10.2. The fourth-order valence-electron chi connectivity index (χ4n) is 4.02. The van der Waals surface area contributed by atoms with Gasteiger partial charge in [-0.1, -0.05) is 28.8 Å². The van der Waals surface area contributed by atoms with E-state index in [9.17, 15) is 9.59 Å². The quantitative estimate of drug-likeness (QED) is 0.623. The highest BCUT2D eigenvalue weighted by Gasteiger charge is 2.16. The Labute approximate surface area is 166 Å². The Hall–Kier alpha value is -2.08. The molecule has 3 heterocycles. The zero-order valence-electron chi connectivity index (χ0n) is 15.4. The molecule has 5 nitrogen and oxygen atoms in total. The number of carbonyl (C=O) groups is 1. The summed E-state index contributed by atoms with van der Waals surface area (Å²) in [5.41, 5.74) is 2.55. The molecule has 6 heteroatoms. The fraction of sp³-hybridized carbons (Fsp3) is 0.429. The van der Waals surface area contributed by atoms with Gasteiger partial charge >= 0.3 is 0 Å². The summed E-state index contributed by atoms with van der Waals surface area (Å²) in [6.07, 6.45) is 7.74. The van der Waals surface area contributed by atoms with E-state index in [-0.39, 0.29) is 11.5 Å². The molecule has 1 fully saturated rings. The largest absolute Gasteiger partial charge is 0.343 e. The van der Waals surface area contributed by atoms with Crippen molar-refractivity contribution < 1.29 is 4.79 Å². The minimum absolute atomic E-state index is 0.00665. The number of halogens is 1. The lowest BCUT2D eigenvalue weighted by Gasteiger charge is -2.20. The number of aromatic nitrogens is 2. The van der Waals surface area contributed by atoms with Crippen molar-refractivity contribution in [3.05, 3.63) is 51.4 Å². The number of carbonyl (C=O) groups excluding carboxylic acids is 1. The second-order valence-corrected chi connectivity index (χ2v) is 8.17. The number of hydrogen-bond donors (Lipinski definition) is 0. The molecule has 0 N–H and O–H groups in total. The van der Waals surface area contributed by atoms with Gasteiger partial charge in [-0.2, -0.15) is 0 Å². The number of fused-ring (bicyclic) bond motifs is 3. The smallest absolute Gasteiger partial charge is 0.275 e. The van der Waals surface area contributed by atoms with Crippen LogP contribution in [-0.2, 0) is 11.3 Å². The topological polar surface area (TPSA) is 46.7 Å². The van der Waals surface area contributed by atoms with Crippen LogP contribution in [0.15, 0.2) is 45.8 Å². The van der Waals surface area contributed by atoms with Gasteiger partial charge in [0, 0.05) is 36.7 Å². The first-order valence-corrected chi connectivity index (χ1v) is 10.5. The van der Waals surface area contributed by atoms with Crippen LogP contribution in [0.1, 0.15) is 38.5 Å². The van der Waals surface area contributed by atoms with Crippen LogP contribution in [0, 0.1) is 0 Å². The highest BCUT2D eigenvalue weighted by atomic mass is 79.9. The van der Waals surface area contributed by atoms with Gasteiger partial charge in [0.15, 0.2) is 0 Å². The Morgan fingerprint density at radius 3 is 2.56 bits per heavy atom. The van der Waals surface area contributed by atoms with Crippen LogP contribution in [0.25, 0.3) is 16.6 Å². The summed E-state index contributed by atoms with van der Waals surface area (Å²) in [5.74, 6) is 0.221. The molecule has 0 radical (unpaired) electrons. The molecule has 0 atom stereocenters. The maximum Gasteiger partial charge on any atom is 0.275 e. The molecule has 1 aliphatic heterocycles. The minimum atomic E-state index is -0.00665. The van der Waals surface area contributed by atoms with E-state index in [1.54, 1.807) is 0 Å². The Balaban J connectivity index is 1.57. The number of likely N-dealkylation sites (tertiary alicyclic amines) is 1. The zero-order chi connectivity index (χ0) is 18.8. The van der Waals surface area contributed by atoms with E-state index in [4.69, 9.17) is 0 Å². The molecule has 1 amide bonds. The zero-order valence-corrected chi connectivity index (χ0v) is 17.0. The number of benzene rings is 1. The summed E-state index contributed by atoms with van der Waals surface area (Å²) in [4.78, 5) is 27.5. The predicted molar refractivity (Wildman–Crippen MR) is 111 cm³/mol. The van der Waals surface area contributed by atoms with E-state index in [2.05, 4.69) is 15.9 Å². The Morgan fingerprint density at radius 2 is 1.78 bits per heavy atom. The molecule has 1 aliphatic rings. The summed E-state index contributed by atoms with van der Waals surface area (Å²) < 4.78 is 4.68. The van der Waals surface area contributed by atoms with Crippen molar-refractivity contribution in [1.82, 2.24) is 13.9 Å². The van der Waals surface area contributed by atoms with Gasteiger partial charge in [-0.25, -0.2) is 0 Å². The molecule has 0 saturated carbocycles. The summed E-state index contributed by atoms with van der Waals surface area (Å²) in [7, 11) is 0. The summed E-state index contributed by atoms with van der Waals surface area (Å²) in [6, 6.07) is 9.73. The maximum atomic E-state index is 13.0.